The quantitative estimate of drug-likeness (QED) is 0.702. The molecule has 1 aromatic heterocycles. The first kappa shape index (κ1) is 17.5. The van der Waals surface area contributed by atoms with Gasteiger partial charge in [-0.25, -0.2) is 4.79 Å². The Kier molecular flexibility index (Phi) is 5.82. The highest BCUT2D eigenvalue weighted by Gasteiger charge is 2.10. The van der Waals surface area contributed by atoms with Gasteiger partial charge in [-0.05, 0) is 17.7 Å². The summed E-state index contributed by atoms with van der Waals surface area (Å²) in [5.41, 5.74) is 1.73. The molecule has 1 amide bonds. The molecule has 0 aliphatic heterocycles. The summed E-state index contributed by atoms with van der Waals surface area (Å²) in [6.07, 6.45) is -0.0707. The van der Waals surface area contributed by atoms with Crippen LogP contribution in [-0.2, 0) is 17.8 Å². The van der Waals surface area contributed by atoms with Crippen LogP contribution in [0.25, 0.3) is 11.4 Å². The first-order chi connectivity index (χ1) is 12.7. The predicted octanol–water partition coefficient (Wildman–Crippen LogP) is 3.21. The van der Waals surface area contributed by atoms with Crippen LogP contribution in [0.5, 0.6) is 5.75 Å². The van der Waals surface area contributed by atoms with Crippen molar-refractivity contribution in [1.82, 2.24) is 15.5 Å². The number of benzene rings is 2. The van der Waals surface area contributed by atoms with Crippen molar-refractivity contribution in [2.45, 2.75) is 13.0 Å². The van der Waals surface area contributed by atoms with Gasteiger partial charge in [0.15, 0.2) is 0 Å². The number of carbonyl (C=O) groups excluding carboxylic acids is 1. The number of nitrogens with zero attached hydrogens (tertiary/aromatic N) is 2. The molecule has 7 heteroatoms. The average Bonchev–Trinajstić information content (AvgIpc) is 3.16. The van der Waals surface area contributed by atoms with E-state index in [1.54, 1.807) is 7.11 Å². The van der Waals surface area contributed by atoms with E-state index in [4.69, 9.17) is 14.0 Å². The fourth-order valence-electron chi connectivity index (χ4n) is 2.28. The van der Waals surface area contributed by atoms with Crippen LogP contribution in [0, 0.1) is 0 Å². The lowest BCUT2D eigenvalue weighted by Gasteiger charge is -2.05. The van der Waals surface area contributed by atoms with Crippen molar-refractivity contribution in [2.75, 3.05) is 13.7 Å². The zero-order valence-corrected chi connectivity index (χ0v) is 14.3. The number of aromatic nitrogens is 2. The molecule has 0 atom stereocenters. The van der Waals surface area contributed by atoms with Crippen LogP contribution in [0.15, 0.2) is 59.1 Å². The van der Waals surface area contributed by atoms with E-state index in [1.165, 1.54) is 0 Å². The Hall–Kier alpha value is -3.35. The Morgan fingerprint density at radius 2 is 2.00 bits per heavy atom. The summed E-state index contributed by atoms with van der Waals surface area (Å²) in [5.74, 6) is 1.63. The molecule has 0 radical (unpaired) electrons. The first-order valence-electron chi connectivity index (χ1n) is 8.16. The van der Waals surface area contributed by atoms with Gasteiger partial charge in [-0.15, -0.1) is 0 Å². The molecule has 2 aromatic carbocycles. The summed E-state index contributed by atoms with van der Waals surface area (Å²) >= 11 is 0. The number of hydrogen-bond donors (Lipinski definition) is 1. The van der Waals surface area contributed by atoms with E-state index in [2.05, 4.69) is 15.5 Å². The normalized spacial score (nSPS) is 10.3. The third-order valence-electron chi connectivity index (χ3n) is 3.62. The summed E-state index contributed by atoms with van der Waals surface area (Å²) in [4.78, 5) is 16.0. The van der Waals surface area contributed by atoms with E-state index < -0.39 is 6.09 Å². The van der Waals surface area contributed by atoms with E-state index in [-0.39, 0.29) is 6.61 Å². The topological polar surface area (TPSA) is 86.5 Å². The highest BCUT2D eigenvalue weighted by molar-refractivity contribution is 5.67. The molecule has 1 heterocycles. The monoisotopic (exact) mass is 353 g/mol. The third kappa shape index (κ3) is 4.83. The fraction of sp³-hybridized carbons (Fsp3) is 0.211. The second-order valence-electron chi connectivity index (χ2n) is 5.48. The van der Waals surface area contributed by atoms with Crippen LogP contribution in [0.3, 0.4) is 0 Å². The number of carbonyl (C=O) groups is 1. The summed E-state index contributed by atoms with van der Waals surface area (Å²) in [5, 5.41) is 6.61. The number of amides is 1. The van der Waals surface area contributed by atoms with Crippen LogP contribution in [-0.4, -0.2) is 29.9 Å². The molecule has 0 aliphatic rings. The lowest BCUT2D eigenvalue weighted by Crippen LogP contribution is -2.26. The molecule has 0 aliphatic carbocycles. The maximum absolute atomic E-state index is 11.7. The molecule has 7 nitrogen and oxygen atoms in total. The summed E-state index contributed by atoms with van der Waals surface area (Å²) < 4.78 is 15.5. The summed E-state index contributed by atoms with van der Waals surface area (Å²) in [6, 6.07) is 16.9. The van der Waals surface area contributed by atoms with Gasteiger partial charge >= 0.3 is 6.09 Å². The fourth-order valence-corrected chi connectivity index (χ4v) is 2.28. The molecule has 26 heavy (non-hydrogen) atoms. The zero-order valence-electron chi connectivity index (χ0n) is 14.3. The molecule has 0 saturated heterocycles. The SMILES string of the molecule is COc1cccc(-c2noc(CCNC(=O)OCc3ccccc3)n2)c1. The van der Waals surface area contributed by atoms with E-state index in [9.17, 15) is 4.79 Å². The highest BCUT2D eigenvalue weighted by Crippen LogP contribution is 2.21. The standard InChI is InChI=1S/C19H19N3O4/c1-24-16-9-5-8-15(12-16)18-21-17(26-22-18)10-11-20-19(23)25-13-14-6-3-2-4-7-14/h2-9,12H,10-11,13H2,1H3,(H,20,23). The van der Waals surface area contributed by atoms with Gasteiger partial charge in [0.2, 0.25) is 11.7 Å². The number of hydrogen-bond acceptors (Lipinski definition) is 6. The lowest BCUT2D eigenvalue weighted by atomic mass is 10.2. The van der Waals surface area contributed by atoms with Crippen LogP contribution in [0.2, 0.25) is 0 Å². The zero-order chi connectivity index (χ0) is 18.2. The van der Waals surface area contributed by atoms with Gasteiger partial charge in [0.25, 0.3) is 0 Å². The van der Waals surface area contributed by atoms with Crippen LogP contribution < -0.4 is 10.1 Å². The van der Waals surface area contributed by atoms with Crippen LogP contribution in [0.4, 0.5) is 4.79 Å². The average molecular weight is 353 g/mol. The van der Waals surface area contributed by atoms with Crippen molar-refractivity contribution in [1.29, 1.82) is 0 Å². The van der Waals surface area contributed by atoms with Crippen molar-refractivity contribution < 1.29 is 18.8 Å². The number of alkyl carbamates (subject to hydrolysis) is 1. The highest BCUT2D eigenvalue weighted by atomic mass is 16.5. The van der Waals surface area contributed by atoms with Gasteiger partial charge in [-0.1, -0.05) is 47.6 Å². The molecular weight excluding hydrogens is 334 g/mol. The first-order valence-corrected chi connectivity index (χ1v) is 8.16. The predicted molar refractivity (Wildman–Crippen MR) is 94.6 cm³/mol. The number of ether oxygens (including phenoxy) is 2. The van der Waals surface area contributed by atoms with Gasteiger partial charge < -0.3 is 19.3 Å². The van der Waals surface area contributed by atoms with Crippen molar-refractivity contribution in [3.8, 4) is 17.1 Å². The molecule has 0 saturated carbocycles. The van der Waals surface area contributed by atoms with Crippen molar-refractivity contribution in [2.24, 2.45) is 0 Å². The molecule has 3 rings (SSSR count). The Morgan fingerprint density at radius 3 is 2.81 bits per heavy atom. The van der Waals surface area contributed by atoms with Gasteiger partial charge in [0.05, 0.1) is 7.11 Å². The van der Waals surface area contributed by atoms with E-state index in [0.717, 1.165) is 16.9 Å². The second-order valence-corrected chi connectivity index (χ2v) is 5.48. The Labute approximate surface area is 150 Å². The molecule has 0 spiro atoms. The molecule has 0 bridgehead atoms. The Morgan fingerprint density at radius 1 is 1.15 bits per heavy atom. The molecule has 0 unspecified atom stereocenters. The number of nitrogens with one attached hydrogen (secondary N) is 1. The van der Waals surface area contributed by atoms with E-state index >= 15 is 0 Å². The van der Waals surface area contributed by atoms with Gasteiger partial charge in [0, 0.05) is 18.5 Å². The van der Waals surface area contributed by atoms with Crippen molar-refractivity contribution in [3.63, 3.8) is 0 Å². The van der Waals surface area contributed by atoms with Crippen LogP contribution >= 0.6 is 0 Å². The minimum Gasteiger partial charge on any atom is -0.497 e. The van der Waals surface area contributed by atoms with Gasteiger partial charge in [-0.2, -0.15) is 4.98 Å². The molecule has 0 fully saturated rings. The van der Waals surface area contributed by atoms with Crippen molar-refractivity contribution in [3.05, 3.63) is 66.1 Å². The Balaban J connectivity index is 1.45. The van der Waals surface area contributed by atoms with Gasteiger partial charge in [0.1, 0.15) is 12.4 Å². The van der Waals surface area contributed by atoms with E-state index in [0.29, 0.717) is 24.7 Å². The second kappa shape index (κ2) is 8.66. The van der Waals surface area contributed by atoms with E-state index in [1.807, 2.05) is 54.6 Å². The number of methoxy groups -OCH3 is 1. The van der Waals surface area contributed by atoms with Gasteiger partial charge in [-0.3, -0.25) is 0 Å². The number of rotatable bonds is 7. The van der Waals surface area contributed by atoms with Crippen LogP contribution in [0.1, 0.15) is 11.5 Å². The maximum atomic E-state index is 11.7. The maximum Gasteiger partial charge on any atom is 0.407 e. The minimum atomic E-state index is -0.485. The molecule has 134 valence electrons. The lowest BCUT2D eigenvalue weighted by molar-refractivity contribution is 0.139. The molecule has 3 aromatic rings. The molecule has 1 N–H and O–H groups in total. The Bertz CT molecular complexity index is 849. The van der Waals surface area contributed by atoms with Crippen molar-refractivity contribution >= 4 is 6.09 Å². The summed E-state index contributed by atoms with van der Waals surface area (Å²) in [6.45, 7) is 0.570. The minimum absolute atomic E-state index is 0.229. The largest absolute Gasteiger partial charge is 0.497 e. The molecular formula is C19H19N3O4. The summed E-state index contributed by atoms with van der Waals surface area (Å²) in [7, 11) is 1.60. The third-order valence-corrected chi connectivity index (χ3v) is 3.62. The smallest absolute Gasteiger partial charge is 0.407 e.